The highest BCUT2D eigenvalue weighted by atomic mass is 16.5. The van der Waals surface area contributed by atoms with Gasteiger partial charge in [0.1, 0.15) is 0 Å². The number of nitrogens with one attached hydrogen (secondary N) is 1. The third-order valence-electron chi connectivity index (χ3n) is 6.98. The molecule has 4 rings (SSSR count). The van der Waals surface area contributed by atoms with Crippen molar-refractivity contribution >= 4 is 5.96 Å². The Bertz CT molecular complexity index is 488. The minimum absolute atomic E-state index is 0.384. The number of likely N-dealkylation sites (tertiary alicyclic amines) is 1. The van der Waals surface area contributed by atoms with Crippen molar-refractivity contribution in [3.8, 4) is 0 Å². The molecular weight excluding hydrogens is 316 g/mol. The highest BCUT2D eigenvalue weighted by Gasteiger charge is 2.59. The van der Waals surface area contributed by atoms with E-state index in [4.69, 9.17) is 9.47 Å². The van der Waals surface area contributed by atoms with Crippen molar-refractivity contribution in [3.05, 3.63) is 0 Å². The molecule has 6 heteroatoms. The first kappa shape index (κ1) is 17.6. The van der Waals surface area contributed by atoms with Crippen molar-refractivity contribution in [2.45, 2.75) is 57.2 Å². The Hall–Kier alpha value is -0.850. The molecule has 3 unspecified atom stereocenters. The van der Waals surface area contributed by atoms with Gasteiger partial charge in [0, 0.05) is 57.3 Å². The van der Waals surface area contributed by atoms with Gasteiger partial charge in [-0.15, -0.1) is 0 Å². The maximum absolute atomic E-state index is 5.99. The predicted molar refractivity (Wildman–Crippen MR) is 99.0 cm³/mol. The Morgan fingerprint density at radius 2 is 2.08 bits per heavy atom. The van der Waals surface area contributed by atoms with Crippen LogP contribution in [-0.2, 0) is 9.47 Å². The molecule has 3 atom stereocenters. The molecule has 142 valence electrons. The Balaban J connectivity index is 1.33. The molecule has 0 radical (unpaired) electrons. The first-order valence-corrected chi connectivity index (χ1v) is 10.2. The van der Waals surface area contributed by atoms with Gasteiger partial charge in [-0.3, -0.25) is 9.89 Å². The van der Waals surface area contributed by atoms with Crippen LogP contribution in [0.15, 0.2) is 4.99 Å². The summed E-state index contributed by atoms with van der Waals surface area (Å²) >= 11 is 0. The van der Waals surface area contributed by atoms with Crippen LogP contribution in [0.3, 0.4) is 0 Å². The van der Waals surface area contributed by atoms with Gasteiger partial charge in [0.05, 0.1) is 19.3 Å². The number of aliphatic imine (C=N–C) groups is 1. The summed E-state index contributed by atoms with van der Waals surface area (Å²) in [5.74, 6) is 1.10. The Morgan fingerprint density at radius 3 is 2.72 bits per heavy atom. The van der Waals surface area contributed by atoms with Crippen molar-refractivity contribution in [3.63, 3.8) is 0 Å². The molecule has 2 aliphatic heterocycles. The van der Waals surface area contributed by atoms with Gasteiger partial charge in [0.15, 0.2) is 5.96 Å². The van der Waals surface area contributed by atoms with Crippen molar-refractivity contribution < 1.29 is 9.47 Å². The molecule has 2 saturated heterocycles. The van der Waals surface area contributed by atoms with E-state index in [2.05, 4.69) is 27.0 Å². The molecule has 2 aliphatic carbocycles. The van der Waals surface area contributed by atoms with E-state index in [0.717, 1.165) is 58.4 Å². The van der Waals surface area contributed by atoms with E-state index < -0.39 is 0 Å². The largest absolute Gasteiger partial charge is 0.379 e. The van der Waals surface area contributed by atoms with Crippen molar-refractivity contribution in [2.24, 2.45) is 10.4 Å². The number of nitrogens with zero attached hydrogens (tertiary/aromatic N) is 3. The van der Waals surface area contributed by atoms with Crippen molar-refractivity contribution in [2.75, 3.05) is 53.0 Å². The lowest BCUT2D eigenvalue weighted by Gasteiger charge is -2.61. The number of hydrogen-bond donors (Lipinski definition) is 1. The average molecular weight is 351 g/mol. The van der Waals surface area contributed by atoms with Crippen LogP contribution in [0.5, 0.6) is 0 Å². The first-order valence-electron chi connectivity index (χ1n) is 10.2. The number of guanidine groups is 1. The molecule has 0 bridgehead atoms. The Labute approximate surface area is 151 Å². The van der Waals surface area contributed by atoms with Crippen molar-refractivity contribution in [1.29, 1.82) is 0 Å². The Kier molecular flexibility index (Phi) is 5.20. The second-order valence-electron chi connectivity index (χ2n) is 8.05. The molecule has 0 aromatic carbocycles. The van der Waals surface area contributed by atoms with E-state index in [0.29, 0.717) is 23.6 Å². The molecular formula is C19H34N4O2. The summed E-state index contributed by atoms with van der Waals surface area (Å²) in [6.07, 6.45) is 6.79. The molecule has 1 spiro atoms. The van der Waals surface area contributed by atoms with Crippen LogP contribution in [-0.4, -0.2) is 87.0 Å². The fourth-order valence-corrected chi connectivity index (χ4v) is 5.27. The Morgan fingerprint density at radius 1 is 1.28 bits per heavy atom. The molecule has 4 aliphatic rings. The molecule has 1 N–H and O–H groups in total. The van der Waals surface area contributed by atoms with Gasteiger partial charge in [-0.05, 0) is 32.6 Å². The maximum Gasteiger partial charge on any atom is 0.193 e. The molecule has 6 nitrogen and oxygen atoms in total. The van der Waals surface area contributed by atoms with Crippen LogP contribution in [0.4, 0.5) is 0 Å². The van der Waals surface area contributed by atoms with E-state index in [1.54, 1.807) is 0 Å². The van der Waals surface area contributed by atoms with E-state index in [-0.39, 0.29) is 0 Å². The molecule has 0 aromatic rings. The van der Waals surface area contributed by atoms with Gasteiger partial charge < -0.3 is 19.7 Å². The topological polar surface area (TPSA) is 49.3 Å². The SMILES string of the molecule is CCOC1CC(NC(=NC)N2CCC(N3CCOCC3)C2)C12CCC2. The third kappa shape index (κ3) is 3.17. The summed E-state index contributed by atoms with van der Waals surface area (Å²) in [6.45, 7) is 9.06. The van der Waals surface area contributed by atoms with Gasteiger partial charge in [0.25, 0.3) is 0 Å². The smallest absolute Gasteiger partial charge is 0.193 e. The number of rotatable bonds is 4. The van der Waals surface area contributed by atoms with Crippen LogP contribution in [0.25, 0.3) is 0 Å². The first-order chi connectivity index (χ1) is 12.3. The van der Waals surface area contributed by atoms with Gasteiger partial charge in [0.2, 0.25) is 0 Å². The standard InChI is InChI=1S/C19H34N4O2/c1-3-25-17-13-16(19(17)6-4-7-19)21-18(20-2)23-8-5-15(14-23)22-9-11-24-12-10-22/h15-17H,3-14H2,1-2H3,(H,20,21). The summed E-state index contributed by atoms with van der Waals surface area (Å²) < 4.78 is 11.5. The van der Waals surface area contributed by atoms with Gasteiger partial charge in [-0.25, -0.2) is 0 Å². The molecule has 25 heavy (non-hydrogen) atoms. The van der Waals surface area contributed by atoms with Gasteiger partial charge in [-0.1, -0.05) is 6.42 Å². The highest BCUT2D eigenvalue weighted by Crippen LogP contribution is 2.57. The monoisotopic (exact) mass is 350 g/mol. The number of ether oxygens (including phenoxy) is 2. The summed E-state index contributed by atoms with van der Waals surface area (Å²) in [5, 5.41) is 3.80. The second-order valence-corrected chi connectivity index (χ2v) is 8.05. The maximum atomic E-state index is 5.99. The third-order valence-corrected chi connectivity index (χ3v) is 6.98. The quantitative estimate of drug-likeness (QED) is 0.612. The molecule has 2 saturated carbocycles. The van der Waals surface area contributed by atoms with Crippen molar-refractivity contribution in [1.82, 2.24) is 15.1 Å². The van der Waals surface area contributed by atoms with E-state index in [1.165, 1.54) is 25.7 Å². The van der Waals surface area contributed by atoms with Gasteiger partial charge >= 0.3 is 0 Å². The van der Waals surface area contributed by atoms with Crippen LogP contribution >= 0.6 is 0 Å². The highest BCUT2D eigenvalue weighted by molar-refractivity contribution is 5.80. The van der Waals surface area contributed by atoms with Crippen LogP contribution < -0.4 is 5.32 Å². The summed E-state index contributed by atoms with van der Waals surface area (Å²) in [6, 6.07) is 1.19. The van der Waals surface area contributed by atoms with Gasteiger partial charge in [-0.2, -0.15) is 0 Å². The molecule has 2 heterocycles. The number of morpholine rings is 1. The summed E-state index contributed by atoms with van der Waals surface area (Å²) in [5.41, 5.74) is 0.384. The number of hydrogen-bond acceptors (Lipinski definition) is 4. The zero-order chi connectivity index (χ0) is 17.3. The molecule has 0 amide bonds. The second kappa shape index (κ2) is 7.41. The minimum atomic E-state index is 0.384. The fraction of sp³-hybridized carbons (Fsp3) is 0.947. The summed E-state index contributed by atoms with van der Waals surface area (Å²) in [7, 11) is 1.93. The van der Waals surface area contributed by atoms with Crippen LogP contribution in [0, 0.1) is 5.41 Å². The average Bonchev–Trinajstić information content (AvgIpc) is 3.07. The predicted octanol–water partition coefficient (Wildman–Crippen LogP) is 1.32. The van der Waals surface area contributed by atoms with Crippen LogP contribution in [0.1, 0.15) is 39.0 Å². The van der Waals surface area contributed by atoms with E-state index in [1.807, 2.05) is 7.05 Å². The molecule has 0 aromatic heterocycles. The fourth-order valence-electron chi connectivity index (χ4n) is 5.27. The minimum Gasteiger partial charge on any atom is -0.379 e. The zero-order valence-corrected chi connectivity index (χ0v) is 15.9. The lowest BCUT2D eigenvalue weighted by Crippen LogP contribution is -2.68. The van der Waals surface area contributed by atoms with E-state index in [9.17, 15) is 0 Å². The summed E-state index contributed by atoms with van der Waals surface area (Å²) in [4.78, 5) is 9.67. The normalized spacial score (nSPS) is 35.5. The lowest BCUT2D eigenvalue weighted by molar-refractivity contribution is -0.168. The molecule has 4 fully saturated rings. The zero-order valence-electron chi connectivity index (χ0n) is 15.9. The van der Waals surface area contributed by atoms with Crippen LogP contribution in [0.2, 0.25) is 0 Å². The van der Waals surface area contributed by atoms with E-state index >= 15 is 0 Å². The lowest BCUT2D eigenvalue weighted by atomic mass is 9.51.